The zero-order chi connectivity index (χ0) is 17.7. The van der Waals surface area contributed by atoms with Crippen LogP contribution in [0.4, 0.5) is 0 Å². The van der Waals surface area contributed by atoms with Crippen LogP contribution in [0.5, 0.6) is 0 Å². The smallest absolute Gasteiger partial charge is 0.276 e. The Morgan fingerprint density at radius 3 is 2.75 bits per heavy atom. The highest BCUT2D eigenvalue weighted by atomic mass is 16.7. The molecule has 8 nitrogen and oxygen atoms in total. The maximum absolute atomic E-state index is 11.0. The van der Waals surface area contributed by atoms with E-state index in [1.54, 1.807) is 0 Å². The van der Waals surface area contributed by atoms with Crippen molar-refractivity contribution in [1.82, 2.24) is 9.80 Å². The van der Waals surface area contributed by atoms with E-state index in [2.05, 4.69) is 25.9 Å². The lowest BCUT2D eigenvalue weighted by molar-refractivity contribution is -0.486. The van der Waals surface area contributed by atoms with E-state index < -0.39 is 5.03 Å². The Hall–Kier alpha value is -1.41. The molecule has 8 heteroatoms. The predicted molar refractivity (Wildman–Crippen MR) is 91.1 cm³/mol. The van der Waals surface area contributed by atoms with E-state index in [0.717, 1.165) is 25.9 Å². The lowest BCUT2D eigenvalue weighted by Gasteiger charge is -2.29. The van der Waals surface area contributed by atoms with E-state index in [1.807, 2.05) is 16.7 Å². The molecule has 2 fully saturated rings. The van der Waals surface area contributed by atoms with Crippen LogP contribution in [0.25, 0.3) is 0 Å². The van der Waals surface area contributed by atoms with Gasteiger partial charge in [0, 0.05) is 25.6 Å². The molecule has 0 aliphatic carbocycles. The Morgan fingerprint density at radius 1 is 1.46 bits per heavy atom. The molecule has 2 aliphatic heterocycles. The molecule has 0 spiro atoms. The zero-order valence-corrected chi connectivity index (χ0v) is 15.2. The van der Waals surface area contributed by atoms with Crippen molar-refractivity contribution in [3.05, 3.63) is 10.1 Å². The molecule has 0 aromatic heterocycles. The minimum Gasteiger partial charge on any atom is -0.378 e. The molecule has 0 N–H and O–H groups in total. The fraction of sp³-hybridized carbons (Fsp3) is 0.938. The summed E-state index contributed by atoms with van der Waals surface area (Å²) < 4.78 is 11.6. The Balaban J connectivity index is 2.06. The molecule has 2 rings (SSSR count). The Labute approximate surface area is 143 Å². The molecular weight excluding hydrogens is 312 g/mol. The first-order valence-electron chi connectivity index (χ1n) is 8.88. The number of ether oxygens (including phenoxy) is 2. The standard InChI is InChI=1S/C16H30N4O4/c1-5-15(24-10-12(2)3)19-7-6-18(16(19)17-20(21)22)9-14-8-13(4)23-11-14/h12-15H,5-11H2,1-4H3. The van der Waals surface area contributed by atoms with Gasteiger partial charge >= 0.3 is 0 Å². The Kier molecular flexibility index (Phi) is 6.79. The highest BCUT2D eigenvalue weighted by Gasteiger charge is 2.36. The lowest BCUT2D eigenvalue weighted by Crippen LogP contribution is -2.43. The fourth-order valence-electron chi connectivity index (χ4n) is 3.33. The molecule has 3 unspecified atom stereocenters. The maximum Gasteiger partial charge on any atom is 0.276 e. The van der Waals surface area contributed by atoms with Gasteiger partial charge in [-0.1, -0.05) is 20.8 Å². The summed E-state index contributed by atoms with van der Waals surface area (Å²) in [6.45, 7) is 11.8. The average Bonchev–Trinajstić information content (AvgIpc) is 3.07. The number of rotatable bonds is 8. The van der Waals surface area contributed by atoms with Gasteiger partial charge < -0.3 is 19.3 Å². The normalized spacial score (nSPS) is 27.5. The van der Waals surface area contributed by atoms with Crippen LogP contribution >= 0.6 is 0 Å². The number of guanidine groups is 1. The second kappa shape index (κ2) is 8.62. The van der Waals surface area contributed by atoms with Crippen LogP contribution in [0, 0.1) is 22.0 Å². The SMILES string of the molecule is CCC(OCC(C)C)N1CCN(CC2COC(C)C2)C1=N[N+](=O)[O-]. The van der Waals surface area contributed by atoms with Gasteiger partial charge in [0.25, 0.3) is 5.96 Å². The Morgan fingerprint density at radius 2 is 2.21 bits per heavy atom. The van der Waals surface area contributed by atoms with Crippen LogP contribution in [-0.2, 0) is 9.47 Å². The van der Waals surface area contributed by atoms with Crippen LogP contribution in [0.15, 0.2) is 5.10 Å². The van der Waals surface area contributed by atoms with Crippen LogP contribution in [0.1, 0.15) is 40.5 Å². The van der Waals surface area contributed by atoms with Gasteiger partial charge in [0.1, 0.15) is 11.3 Å². The summed E-state index contributed by atoms with van der Waals surface area (Å²) in [5.41, 5.74) is 0. The summed E-state index contributed by atoms with van der Waals surface area (Å²) in [7, 11) is 0. The number of hydrogen-bond acceptors (Lipinski definition) is 4. The number of nitro groups is 1. The van der Waals surface area contributed by atoms with E-state index in [0.29, 0.717) is 37.6 Å². The average molecular weight is 342 g/mol. The van der Waals surface area contributed by atoms with E-state index in [4.69, 9.17) is 9.47 Å². The van der Waals surface area contributed by atoms with Gasteiger partial charge in [0.05, 0.1) is 19.3 Å². The van der Waals surface area contributed by atoms with Crippen LogP contribution < -0.4 is 0 Å². The van der Waals surface area contributed by atoms with E-state index in [9.17, 15) is 10.1 Å². The second-order valence-corrected chi connectivity index (χ2v) is 7.11. The van der Waals surface area contributed by atoms with Gasteiger partial charge in [-0.3, -0.25) is 0 Å². The quantitative estimate of drug-likeness (QED) is 0.496. The summed E-state index contributed by atoms with van der Waals surface area (Å²) in [5.74, 6) is 1.24. The molecule has 0 bridgehead atoms. The van der Waals surface area contributed by atoms with Crippen molar-refractivity contribution in [2.75, 3.05) is 32.8 Å². The van der Waals surface area contributed by atoms with E-state index >= 15 is 0 Å². The first-order chi connectivity index (χ1) is 11.4. The molecule has 2 heterocycles. The maximum atomic E-state index is 11.0. The van der Waals surface area contributed by atoms with E-state index in [1.165, 1.54) is 0 Å². The molecule has 138 valence electrons. The third kappa shape index (κ3) is 5.04. The van der Waals surface area contributed by atoms with Gasteiger partial charge in [-0.05, 0) is 25.7 Å². The van der Waals surface area contributed by atoms with Crippen molar-refractivity contribution in [3.63, 3.8) is 0 Å². The number of hydrazone groups is 1. The molecule has 0 saturated carbocycles. The molecule has 0 aromatic carbocycles. The highest BCUT2D eigenvalue weighted by molar-refractivity contribution is 5.81. The predicted octanol–water partition coefficient (Wildman–Crippen LogP) is 1.99. The van der Waals surface area contributed by atoms with Crippen LogP contribution in [0.2, 0.25) is 0 Å². The third-order valence-corrected chi connectivity index (χ3v) is 4.40. The van der Waals surface area contributed by atoms with Gasteiger partial charge in [0.15, 0.2) is 5.03 Å². The van der Waals surface area contributed by atoms with Crippen molar-refractivity contribution in [3.8, 4) is 0 Å². The lowest BCUT2D eigenvalue weighted by atomic mass is 10.1. The number of hydrogen-bond donors (Lipinski definition) is 0. The first kappa shape index (κ1) is 18.9. The second-order valence-electron chi connectivity index (χ2n) is 7.11. The van der Waals surface area contributed by atoms with Crippen LogP contribution in [0.3, 0.4) is 0 Å². The minimum atomic E-state index is -0.608. The molecule has 3 atom stereocenters. The molecule has 2 saturated heterocycles. The fourth-order valence-corrected chi connectivity index (χ4v) is 3.33. The van der Waals surface area contributed by atoms with Gasteiger partial charge in [-0.15, -0.1) is 0 Å². The van der Waals surface area contributed by atoms with Crippen molar-refractivity contribution in [2.45, 2.75) is 52.9 Å². The zero-order valence-electron chi connectivity index (χ0n) is 15.2. The molecule has 0 amide bonds. The van der Waals surface area contributed by atoms with Crippen molar-refractivity contribution < 1.29 is 14.5 Å². The summed E-state index contributed by atoms with van der Waals surface area (Å²) >= 11 is 0. The summed E-state index contributed by atoms with van der Waals surface area (Å²) in [6, 6.07) is 0. The molecule has 0 radical (unpaired) electrons. The summed E-state index contributed by atoms with van der Waals surface area (Å²) in [6.07, 6.45) is 1.85. The summed E-state index contributed by atoms with van der Waals surface area (Å²) in [4.78, 5) is 15.0. The van der Waals surface area contributed by atoms with Crippen molar-refractivity contribution in [1.29, 1.82) is 0 Å². The summed E-state index contributed by atoms with van der Waals surface area (Å²) in [5, 5.41) is 14.1. The van der Waals surface area contributed by atoms with Crippen LogP contribution in [-0.4, -0.2) is 66.0 Å². The van der Waals surface area contributed by atoms with Gasteiger partial charge in [-0.25, -0.2) is 10.1 Å². The van der Waals surface area contributed by atoms with E-state index in [-0.39, 0.29) is 12.3 Å². The minimum absolute atomic E-state index is 0.171. The third-order valence-electron chi connectivity index (χ3n) is 4.40. The largest absolute Gasteiger partial charge is 0.378 e. The van der Waals surface area contributed by atoms with Crippen molar-refractivity contribution in [2.24, 2.45) is 16.9 Å². The van der Waals surface area contributed by atoms with Gasteiger partial charge in [0.2, 0.25) is 0 Å². The van der Waals surface area contributed by atoms with Gasteiger partial charge in [-0.2, -0.15) is 0 Å². The topological polar surface area (TPSA) is 80.4 Å². The molecule has 2 aliphatic rings. The van der Waals surface area contributed by atoms with Crippen molar-refractivity contribution >= 4 is 5.96 Å². The molecular formula is C16H30N4O4. The monoisotopic (exact) mass is 342 g/mol. The molecule has 0 aromatic rings. The Bertz CT molecular complexity index is 457. The first-order valence-corrected chi connectivity index (χ1v) is 8.88. The highest BCUT2D eigenvalue weighted by Crippen LogP contribution is 2.24. The number of nitrogens with zero attached hydrogens (tertiary/aromatic N) is 4. The molecule has 24 heavy (non-hydrogen) atoms.